The largest absolute Gasteiger partial charge is 0.477 e. The summed E-state index contributed by atoms with van der Waals surface area (Å²) < 4.78 is 24.6. The maximum absolute atomic E-state index is 12.3. The molecule has 0 aromatic carbocycles. The molecule has 15 heavy (non-hydrogen) atoms. The zero-order valence-electron chi connectivity index (χ0n) is 8.11. The number of hydrogen-bond acceptors (Lipinski definition) is 4. The molecular formula is C8H12F2N2O2S. The fraction of sp³-hybridized carbons (Fsp3) is 0.500. The topological polar surface area (TPSA) is 75.7 Å². The molecule has 0 aliphatic heterocycles. The number of alkyl halides is 2. The molecule has 4 nitrogen and oxygen atoms in total. The van der Waals surface area contributed by atoms with Gasteiger partial charge in [0.1, 0.15) is 11.4 Å². The van der Waals surface area contributed by atoms with Crippen LogP contribution in [-0.2, 0) is 4.79 Å². The van der Waals surface area contributed by atoms with Gasteiger partial charge in [-0.25, -0.2) is 13.6 Å². The van der Waals surface area contributed by atoms with Crippen LogP contribution in [0.4, 0.5) is 8.78 Å². The highest BCUT2D eigenvalue weighted by molar-refractivity contribution is 7.98. The number of rotatable bonds is 6. The lowest BCUT2D eigenvalue weighted by molar-refractivity contribution is -0.132. The molecule has 0 aromatic rings. The molecule has 0 amide bonds. The van der Waals surface area contributed by atoms with Gasteiger partial charge in [-0.3, -0.25) is 4.99 Å². The van der Waals surface area contributed by atoms with Crippen LogP contribution in [0.3, 0.4) is 0 Å². The van der Waals surface area contributed by atoms with Crippen LogP contribution in [0.1, 0.15) is 0 Å². The standard InChI is InChI=1S/C8H12F2N2O2S/c1-15-3-2-12-6(7(9)10)4-5(11)8(13)14/h4,7H,2-3,11H2,1H3,(H,13,14)/b5-4-,12-6?. The van der Waals surface area contributed by atoms with Crippen molar-refractivity contribution in [1.82, 2.24) is 0 Å². The number of allylic oxidation sites excluding steroid dienone is 1. The second-order valence-electron chi connectivity index (χ2n) is 2.50. The van der Waals surface area contributed by atoms with E-state index in [-0.39, 0.29) is 6.54 Å². The van der Waals surface area contributed by atoms with Crippen molar-refractivity contribution in [3.05, 3.63) is 11.8 Å². The molecule has 0 unspecified atom stereocenters. The molecule has 0 fully saturated rings. The van der Waals surface area contributed by atoms with E-state index in [1.807, 2.05) is 6.26 Å². The lowest BCUT2D eigenvalue weighted by Crippen LogP contribution is -2.16. The maximum atomic E-state index is 12.3. The van der Waals surface area contributed by atoms with Gasteiger partial charge < -0.3 is 10.8 Å². The Morgan fingerprint density at radius 3 is 2.67 bits per heavy atom. The molecule has 0 atom stereocenters. The zero-order valence-corrected chi connectivity index (χ0v) is 8.93. The molecule has 3 N–H and O–H groups in total. The highest BCUT2D eigenvalue weighted by Crippen LogP contribution is 2.02. The molecule has 0 aliphatic carbocycles. The molecule has 0 rings (SSSR count). The number of nitrogens with two attached hydrogens (primary N) is 1. The molecular weight excluding hydrogens is 226 g/mol. The van der Waals surface area contributed by atoms with E-state index >= 15 is 0 Å². The fourth-order valence-electron chi connectivity index (χ4n) is 0.665. The van der Waals surface area contributed by atoms with Crippen molar-refractivity contribution >= 4 is 23.4 Å². The first-order valence-electron chi connectivity index (χ1n) is 4.01. The Morgan fingerprint density at radius 2 is 2.27 bits per heavy atom. The second kappa shape index (κ2) is 7.22. The van der Waals surface area contributed by atoms with E-state index in [2.05, 4.69) is 4.99 Å². The van der Waals surface area contributed by atoms with Crippen molar-refractivity contribution in [2.75, 3.05) is 18.6 Å². The minimum Gasteiger partial charge on any atom is -0.477 e. The fourth-order valence-corrected chi connectivity index (χ4v) is 0.939. The van der Waals surface area contributed by atoms with Gasteiger partial charge in [0.15, 0.2) is 0 Å². The summed E-state index contributed by atoms with van der Waals surface area (Å²) in [5, 5.41) is 8.39. The summed E-state index contributed by atoms with van der Waals surface area (Å²) in [5.41, 5.74) is 3.77. The smallest absolute Gasteiger partial charge is 0.351 e. The van der Waals surface area contributed by atoms with Crippen LogP contribution in [0.25, 0.3) is 0 Å². The third-order valence-electron chi connectivity index (χ3n) is 1.36. The van der Waals surface area contributed by atoms with Gasteiger partial charge in [0.25, 0.3) is 6.43 Å². The summed E-state index contributed by atoms with van der Waals surface area (Å²) in [6.07, 6.45) is -0.309. The van der Waals surface area contributed by atoms with Crippen LogP contribution in [0, 0.1) is 0 Å². The minimum atomic E-state index is -2.82. The van der Waals surface area contributed by atoms with Crippen molar-refractivity contribution < 1.29 is 18.7 Å². The van der Waals surface area contributed by atoms with E-state index in [0.29, 0.717) is 11.8 Å². The third kappa shape index (κ3) is 6.05. The van der Waals surface area contributed by atoms with Gasteiger partial charge in [-0.15, -0.1) is 0 Å². The van der Waals surface area contributed by atoms with Gasteiger partial charge in [-0.05, 0) is 12.3 Å². The van der Waals surface area contributed by atoms with Crippen LogP contribution in [0.15, 0.2) is 16.8 Å². The average Bonchev–Trinajstić information content (AvgIpc) is 2.15. The highest BCUT2D eigenvalue weighted by Gasteiger charge is 2.12. The van der Waals surface area contributed by atoms with Crippen molar-refractivity contribution in [1.29, 1.82) is 0 Å². The second-order valence-corrected chi connectivity index (χ2v) is 3.49. The van der Waals surface area contributed by atoms with Crippen molar-refractivity contribution in [3.63, 3.8) is 0 Å². The zero-order chi connectivity index (χ0) is 11.8. The number of hydrogen-bond donors (Lipinski definition) is 2. The van der Waals surface area contributed by atoms with Crippen molar-refractivity contribution in [3.8, 4) is 0 Å². The Morgan fingerprint density at radius 1 is 1.67 bits per heavy atom. The molecule has 7 heteroatoms. The van der Waals surface area contributed by atoms with Crippen LogP contribution < -0.4 is 5.73 Å². The molecule has 0 bridgehead atoms. The number of carbonyl (C=O) groups is 1. The molecule has 0 heterocycles. The van der Waals surface area contributed by atoms with Gasteiger partial charge in [-0.1, -0.05) is 0 Å². The molecule has 0 aromatic heterocycles. The number of nitrogens with zero attached hydrogens (tertiary/aromatic N) is 1. The van der Waals surface area contributed by atoms with Gasteiger partial charge in [-0.2, -0.15) is 11.8 Å². The van der Waals surface area contributed by atoms with Gasteiger partial charge in [0.05, 0.1) is 0 Å². The predicted molar refractivity (Wildman–Crippen MR) is 56.6 cm³/mol. The van der Waals surface area contributed by atoms with Crippen LogP contribution in [0.5, 0.6) is 0 Å². The Bertz CT molecular complexity index is 280. The van der Waals surface area contributed by atoms with E-state index in [0.717, 1.165) is 0 Å². The monoisotopic (exact) mass is 238 g/mol. The Hall–Kier alpha value is -1.11. The Kier molecular flexibility index (Phi) is 6.68. The van der Waals surface area contributed by atoms with Gasteiger partial charge >= 0.3 is 5.97 Å². The summed E-state index contributed by atoms with van der Waals surface area (Å²) in [6.45, 7) is 0.213. The lowest BCUT2D eigenvalue weighted by Gasteiger charge is -2.01. The number of thioether (sulfide) groups is 1. The molecule has 0 saturated carbocycles. The van der Waals surface area contributed by atoms with E-state index in [9.17, 15) is 13.6 Å². The number of aliphatic carboxylic acids is 1. The van der Waals surface area contributed by atoms with Crippen LogP contribution in [-0.4, -0.2) is 41.8 Å². The van der Waals surface area contributed by atoms with E-state index in [1.54, 1.807) is 0 Å². The Balaban J connectivity index is 4.60. The van der Waals surface area contributed by atoms with Gasteiger partial charge in [0.2, 0.25) is 0 Å². The van der Waals surface area contributed by atoms with E-state index < -0.39 is 23.8 Å². The minimum absolute atomic E-state index is 0.213. The number of carboxylic acid groups (broad SMARTS) is 1. The van der Waals surface area contributed by atoms with Crippen LogP contribution >= 0.6 is 11.8 Å². The summed E-state index contributed by atoms with van der Waals surface area (Å²) in [6, 6.07) is 0. The molecule has 86 valence electrons. The first-order valence-corrected chi connectivity index (χ1v) is 5.40. The molecule has 0 radical (unpaired) electrons. The summed E-state index contributed by atoms with van der Waals surface area (Å²) >= 11 is 1.46. The summed E-state index contributed by atoms with van der Waals surface area (Å²) in [5.74, 6) is -0.843. The normalized spacial score (nSPS) is 13.3. The molecule has 0 spiro atoms. The van der Waals surface area contributed by atoms with Crippen LogP contribution in [0.2, 0.25) is 0 Å². The highest BCUT2D eigenvalue weighted by atomic mass is 32.2. The SMILES string of the molecule is CSCCN=C(/C=C(\N)C(=O)O)C(F)F. The Labute approximate surface area is 90.2 Å². The number of halogens is 2. The lowest BCUT2D eigenvalue weighted by atomic mass is 10.3. The first-order chi connectivity index (χ1) is 6.99. The van der Waals surface area contributed by atoms with E-state index in [1.165, 1.54) is 11.8 Å². The maximum Gasteiger partial charge on any atom is 0.351 e. The quantitative estimate of drug-likeness (QED) is 0.411. The van der Waals surface area contributed by atoms with E-state index in [4.69, 9.17) is 10.8 Å². The first kappa shape index (κ1) is 13.9. The predicted octanol–water partition coefficient (Wildman–Crippen LogP) is 0.983. The molecule has 0 saturated heterocycles. The van der Waals surface area contributed by atoms with Crippen molar-refractivity contribution in [2.24, 2.45) is 10.7 Å². The average molecular weight is 238 g/mol. The van der Waals surface area contributed by atoms with Crippen molar-refractivity contribution in [2.45, 2.75) is 6.43 Å². The van der Waals surface area contributed by atoms with Gasteiger partial charge in [0, 0.05) is 12.3 Å². The third-order valence-corrected chi connectivity index (χ3v) is 1.95. The molecule has 0 aliphatic rings. The summed E-state index contributed by atoms with van der Waals surface area (Å²) in [7, 11) is 0. The summed E-state index contributed by atoms with van der Waals surface area (Å²) in [4.78, 5) is 13.9. The number of aliphatic imine (C=N–C) groups is 1. The number of carboxylic acids is 1.